The van der Waals surface area contributed by atoms with Crippen molar-refractivity contribution in [1.29, 1.82) is 0 Å². The van der Waals surface area contributed by atoms with E-state index in [0.717, 1.165) is 25.0 Å². The van der Waals surface area contributed by atoms with Crippen LogP contribution in [0.4, 0.5) is 18.9 Å². The van der Waals surface area contributed by atoms with Gasteiger partial charge in [-0.2, -0.15) is 13.2 Å². The van der Waals surface area contributed by atoms with Gasteiger partial charge in [0, 0.05) is 11.7 Å². The van der Waals surface area contributed by atoms with E-state index in [-0.39, 0.29) is 29.2 Å². The van der Waals surface area contributed by atoms with Gasteiger partial charge in [0.1, 0.15) is 0 Å². The Kier molecular flexibility index (Phi) is 3.89. The largest absolute Gasteiger partial charge is 0.417 e. The number of carbonyl (C=O) groups excluding carboxylic acids is 1. The van der Waals surface area contributed by atoms with Crippen LogP contribution in [0.1, 0.15) is 18.4 Å². The van der Waals surface area contributed by atoms with Crippen molar-refractivity contribution in [1.82, 2.24) is 5.32 Å². The second kappa shape index (κ2) is 5.28. The highest BCUT2D eigenvalue weighted by atomic mass is 35.5. The van der Waals surface area contributed by atoms with Crippen LogP contribution in [-0.2, 0) is 11.0 Å². The predicted molar refractivity (Wildman–Crippen MR) is 66.1 cm³/mol. The van der Waals surface area contributed by atoms with Crippen molar-refractivity contribution in [2.75, 3.05) is 11.9 Å². The number of hydrogen-bond donors (Lipinski definition) is 2. The van der Waals surface area contributed by atoms with E-state index in [9.17, 15) is 18.0 Å². The molecule has 104 valence electrons. The van der Waals surface area contributed by atoms with E-state index in [1.54, 1.807) is 0 Å². The molecular formula is C12H12ClF3N2O. The predicted octanol–water partition coefficient (Wildman–Crippen LogP) is 3.05. The molecule has 0 aliphatic heterocycles. The van der Waals surface area contributed by atoms with Gasteiger partial charge in [0.2, 0.25) is 5.91 Å². The van der Waals surface area contributed by atoms with Crippen molar-refractivity contribution in [3.05, 3.63) is 28.8 Å². The van der Waals surface area contributed by atoms with E-state index in [0.29, 0.717) is 0 Å². The quantitative estimate of drug-likeness (QED) is 0.895. The molecule has 2 N–H and O–H groups in total. The Morgan fingerprint density at radius 3 is 2.63 bits per heavy atom. The van der Waals surface area contributed by atoms with Crippen LogP contribution in [0.15, 0.2) is 18.2 Å². The molecule has 1 aromatic rings. The Bertz CT molecular complexity index is 486. The fourth-order valence-electron chi connectivity index (χ4n) is 1.54. The molecule has 1 amide bonds. The average Bonchev–Trinajstić information content (AvgIpc) is 3.10. The summed E-state index contributed by atoms with van der Waals surface area (Å²) in [5, 5.41) is 5.02. The second-order valence-corrected chi connectivity index (χ2v) is 4.79. The van der Waals surface area contributed by atoms with Crippen LogP contribution in [0.3, 0.4) is 0 Å². The van der Waals surface area contributed by atoms with Crippen LogP contribution in [-0.4, -0.2) is 18.5 Å². The third-order valence-corrected chi connectivity index (χ3v) is 3.00. The molecule has 0 spiro atoms. The summed E-state index contributed by atoms with van der Waals surface area (Å²) in [5.74, 6) is -0.231. The molecule has 0 atom stereocenters. The van der Waals surface area contributed by atoms with E-state index >= 15 is 0 Å². The number of carbonyl (C=O) groups is 1. The third kappa shape index (κ3) is 4.02. The summed E-state index contributed by atoms with van der Waals surface area (Å²) in [6.45, 7) is -0.0601. The summed E-state index contributed by atoms with van der Waals surface area (Å²) in [7, 11) is 0. The molecule has 1 aliphatic rings. The van der Waals surface area contributed by atoms with Gasteiger partial charge in [-0.05, 0) is 31.0 Å². The average molecular weight is 293 g/mol. The smallest absolute Gasteiger partial charge is 0.376 e. The van der Waals surface area contributed by atoms with Crippen LogP contribution in [0.25, 0.3) is 0 Å². The minimum absolute atomic E-state index is 0.0601. The number of alkyl halides is 3. The van der Waals surface area contributed by atoms with E-state index in [4.69, 9.17) is 11.6 Å². The van der Waals surface area contributed by atoms with Gasteiger partial charge in [-0.15, -0.1) is 0 Å². The van der Waals surface area contributed by atoms with E-state index in [1.807, 2.05) is 0 Å². The van der Waals surface area contributed by atoms with Gasteiger partial charge in [0.15, 0.2) is 0 Å². The van der Waals surface area contributed by atoms with E-state index in [2.05, 4.69) is 10.6 Å². The van der Waals surface area contributed by atoms with Gasteiger partial charge in [-0.3, -0.25) is 4.79 Å². The lowest BCUT2D eigenvalue weighted by Gasteiger charge is -2.12. The minimum atomic E-state index is -4.51. The van der Waals surface area contributed by atoms with E-state index < -0.39 is 11.7 Å². The summed E-state index contributed by atoms with van der Waals surface area (Å²) >= 11 is 5.49. The first-order chi connectivity index (χ1) is 8.86. The first-order valence-electron chi connectivity index (χ1n) is 5.76. The van der Waals surface area contributed by atoms with Crippen molar-refractivity contribution in [3.63, 3.8) is 0 Å². The molecule has 3 nitrogen and oxygen atoms in total. The highest BCUT2D eigenvalue weighted by molar-refractivity contribution is 6.31. The molecule has 7 heteroatoms. The molecule has 0 heterocycles. The second-order valence-electron chi connectivity index (χ2n) is 4.39. The summed E-state index contributed by atoms with van der Waals surface area (Å²) in [6, 6.07) is 3.69. The summed E-state index contributed by atoms with van der Waals surface area (Å²) in [5.41, 5.74) is -0.704. The molecule has 0 radical (unpaired) electrons. The summed E-state index contributed by atoms with van der Waals surface area (Å²) in [4.78, 5) is 11.4. The van der Waals surface area contributed by atoms with Crippen LogP contribution in [0, 0.1) is 0 Å². The molecular weight excluding hydrogens is 281 g/mol. The molecule has 1 aromatic carbocycles. The molecule has 1 aliphatic carbocycles. The van der Waals surface area contributed by atoms with Gasteiger partial charge < -0.3 is 10.6 Å². The normalized spacial score (nSPS) is 15.2. The highest BCUT2D eigenvalue weighted by Gasteiger charge is 2.33. The lowest BCUT2D eigenvalue weighted by Crippen LogP contribution is -2.31. The number of nitrogens with one attached hydrogen (secondary N) is 2. The van der Waals surface area contributed by atoms with Crippen LogP contribution in [0.2, 0.25) is 5.02 Å². The first-order valence-corrected chi connectivity index (χ1v) is 6.14. The van der Waals surface area contributed by atoms with Gasteiger partial charge in [-0.25, -0.2) is 0 Å². The number of anilines is 1. The van der Waals surface area contributed by atoms with Gasteiger partial charge in [-0.1, -0.05) is 11.6 Å². The van der Waals surface area contributed by atoms with Crippen LogP contribution >= 0.6 is 11.6 Å². The zero-order chi connectivity index (χ0) is 14.0. The molecule has 1 fully saturated rings. The van der Waals surface area contributed by atoms with E-state index in [1.165, 1.54) is 6.07 Å². The number of rotatable bonds is 4. The number of amides is 1. The van der Waals surface area contributed by atoms with Crippen molar-refractivity contribution in [3.8, 4) is 0 Å². The van der Waals surface area contributed by atoms with Crippen LogP contribution in [0.5, 0.6) is 0 Å². The Morgan fingerprint density at radius 2 is 2.05 bits per heavy atom. The molecule has 0 saturated heterocycles. The Labute approximate surface area is 113 Å². The maximum absolute atomic E-state index is 12.6. The Balaban J connectivity index is 1.98. The standard InChI is InChI=1S/C12H12ClF3N2O/c13-10-4-3-8(5-9(10)12(14,15)16)17-6-11(19)18-7-1-2-7/h3-5,7,17H,1-2,6H2,(H,18,19). The van der Waals surface area contributed by atoms with Crippen molar-refractivity contribution in [2.24, 2.45) is 0 Å². The SMILES string of the molecule is O=C(CNc1ccc(Cl)c(C(F)(F)F)c1)NC1CC1. The zero-order valence-electron chi connectivity index (χ0n) is 9.85. The lowest BCUT2D eigenvalue weighted by atomic mass is 10.2. The number of hydrogen-bond acceptors (Lipinski definition) is 2. The zero-order valence-corrected chi connectivity index (χ0v) is 10.6. The number of benzene rings is 1. The van der Waals surface area contributed by atoms with Crippen molar-refractivity contribution in [2.45, 2.75) is 25.1 Å². The van der Waals surface area contributed by atoms with Gasteiger partial charge in [0.05, 0.1) is 17.1 Å². The monoisotopic (exact) mass is 292 g/mol. The Morgan fingerprint density at radius 1 is 1.37 bits per heavy atom. The minimum Gasteiger partial charge on any atom is -0.376 e. The Hall–Kier alpha value is -1.43. The topological polar surface area (TPSA) is 41.1 Å². The summed E-state index contributed by atoms with van der Waals surface area (Å²) < 4.78 is 37.8. The third-order valence-electron chi connectivity index (χ3n) is 2.67. The van der Waals surface area contributed by atoms with Crippen molar-refractivity contribution < 1.29 is 18.0 Å². The van der Waals surface area contributed by atoms with Gasteiger partial charge >= 0.3 is 6.18 Å². The fourth-order valence-corrected chi connectivity index (χ4v) is 1.77. The van der Waals surface area contributed by atoms with Crippen molar-refractivity contribution >= 4 is 23.2 Å². The lowest BCUT2D eigenvalue weighted by molar-refractivity contribution is -0.137. The maximum atomic E-state index is 12.6. The fraction of sp³-hybridized carbons (Fsp3) is 0.417. The molecule has 0 unspecified atom stereocenters. The van der Waals surface area contributed by atoms with Gasteiger partial charge in [0.25, 0.3) is 0 Å². The summed E-state index contributed by atoms with van der Waals surface area (Å²) in [6.07, 6.45) is -2.58. The molecule has 1 saturated carbocycles. The molecule has 0 aromatic heterocycles. The first kappa shape index (κ1) is 14.0. The maximum Gasteiger partial charge on any atom is 0.417 e. The molecule has 0 bridgehead atoms. The molecule has 19 heavy (non-hydrogen) atoms. The van der Waals surface area contributed by atoms with Crippen LogP contribution < -0.4 is 10.6 Å². The molecule has 2 rings (SSSR count). The number of halogens is 4. The highest BCUT2D eigenvalue weighted by Crippen LogP contribution is 2.36.